The second-order valence-electron chi connectivity index (χ2n) is 7.07. The first-order valence-corrected chi connectivity index (χ1v) is 7.83. The number of hydrogen-bond acceptors (Lipinski definition) is 0. The molecule has 16 heavy (non-hydrogen) atoms. The molecule has 5 atom stereocenters. The van der Waals surface area contributed by atoms with Gasteiger partial charge in [-0.05, 0) is 61.7 Å². The van der Waals surface area contributed by atoms with Gasteiger partial charge in [0.1, 0.15) is 0 Å². The topological polar surface area (TPSA) is 0 Å². The maximum absolute atomic E-state index is 2.46. The standard InChI is InChI=1S/C16H28/c1-12-6-7-13(10-12)11-15-9-8-14-4-2-3-5-16(14)15/h12-16H,2-11H2,1H3. The fourth-order valence-corrected chi connectivity index (χ4v) is 5.12. The van der Waals surface area contributed by atoms with Crippen LogP contribution in [0.25, 0.3) is 0 Å². The molecule has 0 amide bonds. The highest BCUT2D eigenvalue weighted by molar-refractivity contribution is 4.89. The van der Waals surface area contributed by atoms with Crippen LogP contribution in [0, 0.1) is 29.6 Å². The Morgan fingerprint density at radius 1 is 0.875 bits per heavy atom. The lowest BCUT2D eigenvalue weighted by Gasteiger charge is -2.30. The van der Waals surface area contributed by atoms with Gasteiger partial charge in [0.25, 0.3) is 0 Å². The van der Waals surface area contributed by atoms with E-state index in [0.29, 0.717) is 0 Å². The first-order chi connectivity index (χ1) is 7.83. The van der Waals surface area contributed by atoms with E-state index in [4.69, 9.17) is 0 Å². The smallest absolute Gasteiger partial charge is 0.0357 e. The SMILES string of the molecule is CC1CCC(CC2CCC3CCCCC32)C1. The molecule has 0 bridgehead atoms. The lowest BCUT2D eigenvalue weighted by atomic mass is 9.75. The molecule has 0 radical (unpaired) electrons. The highest BCUT2D eigenvalue weighted by atomic mass is 14.4. The monoisotopic (exact) mass is 220 g/mol. The molecule has 3 aliphatic carbocycles. The molecular weight excluding hydrogens is 192 g/mol. The van der Waals surface area contributed by atoms with Crippen molar-refractivity contribution in [2.24, 2.45) is 29.6 Å². The minimum Gasteiger partial charge on any atom is -0.0625 e. The molecule has 0 aromatic rings. The summed E-state index contributed by atoms with van der Waals surface area (Å²) in [6.45, 7) is 2.46. The van der Waals surface area contributed by atoms with Crippen LogP contribution in [0.5, 0.6) is 0 Å². The zero-order valence-corrected chi connectivity index (χ0v) is 11.0. The van der Waals surface area contributed by atoms with Gasteiger partial charge in [0, 0.05) is 0 Å². The zero-order chi connectivity index (χ0) is 11.0. The maximum atomic E-state index is 2.46. The molecule has 0 heteroatoms. The van der Waals surface area contributed by atoms with Crippen LogP contribution in [0.2, 0.25) is 0 Å². The van der Waals surface area contributed by atoms with Gasteiger partial charge in [0.05, 0.1) is 0 Å². The summed E-state index contributed by atoms with van der Waals surface area (Å²) in [5.41, 5.74) is 0. The van der Waals surface area contributed by atoms with E-state index in [1.165, 1.54) is 12.8 Å². The molecule has 3 rings (SSSR count). The Kier molecular flexibility index (Phi) is 3.27. The van der Waals surface area contributed by atoms with Crippen LogP contribution in [-0.2, 0) is 0 Å². The summed E-state index contributed by atoms with van der Waals surface area (Å²) in [6, 6.07) is 0. The van der Waals surface area contributed by atoms with Crippen molar-refractivity contribution in [1.29, 1.82) is 0 Å². The van der Waals surface area contributed by atoms with Crippen molar-refractivity contribution in [3.8, 4) is 0 Å². The molecule has 3 aliphatic rings. The second kappa shape index (κ2) is 4.70. The minimum absolute atomic E-state index is 1.04. The van der Waals surface area contributed by atoms with Crippen molar-refractivity contribution in [1.82, 2.24) is 0 Å². The molecule has 0 spiro atoms. The predicted molar refractivity (Wildman–Crippen MR) is 69.3 cm³/mol. The van der Waals surface area contributed by atoms with Gasteiger partial charge in [0.15, 0.2) is 0 Å². The Bertz CT molecular complexity index is 232. The number of fused-ring (bicyclic) bond motifs is 1. The molecule has 0 aromatic heterocycles. The van der Waals surface area contributed by atoms with Crippen molar-refractivity contribution in [3.05, 3.63) is 0 Å². The quantitative estimate of drug-likeness (QED) is 0.612. The normalized spacial score (nSPS) is 48.2. The highest BCUT2D eigenvalue weighted by Gasteiger charge is 2.38. The molecule has 0 saturated heterocycles. The lowest BCUT2D eigenvalue weighted by Crippen LogP contribution is -2.20. The molecule has 0 heterocycles. The van der Waals surface area contributed by atoms with Gasteiger partial charge in [-0.3, -0.25) is 0 Å². The van der Waals surface area contributed by atoms with Crippen molar-refractivity contribution in [3.63, 3.8) is 0 Å². The van der Waals surface area contributed by atoms with E-state index in [9.17, 15) is 0 Å². The third-order valence-electron chi connectivity index (χ3n) is 5.92. The van der Waals surface area contributed by atoms with Crippen LogP contribution in [0.3, 0.4) is 0 Å². The number of hydrogen-bond donors (Lipinski definition) is 0. The summed E-state index contributed by atoms with van der Waals surface area (Å²) in [5.74, 6) is 5.59. The van der Waals surface area contributed by atoms with E-state index in [1.807, 2.05) is 0 Å². The second-order valence-corrected chi connectivity index (χ2v) is 7.07. The molecule has 5 unspecified atom stereocenters. The van der Waals surface area contributed by atoms with Crippen molar-refractivity contribution < 1.29 is 0 Å². The van der Waals surface area contributed by atoms with Crippen LogP contribution in [0.1, 0.15) is 71.1 Å². The van der Waals surface area contributed by atoms with Crippen LogP contribution in [-0.4, -0.2) is 0 Å². The van der Waals surface area contributed by atoms with Crippen molar-refractivity contribution in [2.75, 3.05) is 0 Å². The molecule has 0 aliphatic heterocycles. The molecule has 3 saturated carbocycles. The Labute approximate surface area is 101 Å². The van der Waals surface area contributed by atoms with Gasteiger partial charge >= 0.3 is 0 Å². The molecular formula is C16H28. The summed E-state index contributed by atoms with van der Waals surface area (Å²) in [5, 5.41) is 0. The largest absolute Gasteiger partial charge is 0.0625 e. The maximum Gasteiger partial charge on any atom is -0.0357 e. The van der Waals surface area contributed by atoms with E-state index < -0.39 is 0 Å². The van der Waals surface area contributed by atoms with Gasteiger partial charge < -0.3 is 0 Å². The van der Waals surface area contributed by atoms with Crippen molar-refractivity contribution >= 4 is 0 Å². The number of rotatable bonds is 2. The minimum atomic E-state index is 1.04. The zero-order valence-electron chi connectivity index (χ0n) is 11.0. The van der Waals surface area contributed by atoms with E-state index >= 15 is 0 Å². The van der Waals surface area contributed by atoms with Crippen LogP contribution < -0.4 is 0 Å². The third-order valence-corrected chi connectivity index (χ3v) is 5.92. The van der Waals surface area contributed by atoms with E-state index in [1.54, 1.807) is 51.4 Å². The lowest BCUT2D eigenvalue weighted by molar-refractivity contribution is 0.203. The molecule has 92 valence electrons. The Morgan fingerprint density at radius 3 is 2.56 bits per heavy atom. The van der Waals surface area contributed by atoms with Crippen molar-refractivity contribution in [2.45, 2.75) is 71.1 Å². The first kappa shape index (κ1) is 11.1. The van der Waals surface area contributed by atoms with Gasteiger partial charge in [-0.1, -0.05) is 39.0 Å². The Hall–Kier alpha value is 0. The average Bonchev–Trinajstić information content (AvgIpc) is 2.87. The first-order valence-electron chi connectivity index (χ1n) is 7.83. The van der Waals surface area contributed by atoms with E-state index in [-0.39, 0.29) is 0 Å². The third kappa shape index (κ3) is 2.17. The summed E-state index contributed by atoms with van der Waals surface area (Å²) < 4.78 is 0. The Morgan fingerprint density at radius 2 is 1.75 bits per heavy atom. The molecule has 0 N–H and O–H groups in total. The predicted octanol–water partition coefficient (Wildman–Crippen LogP) is 5.03. The summed E-state index contributed by atoms with van der Waals surface area (Å²) in [7, 11) is 0. The van der Waals surface area contributed by atoms with Gasteiger partial charge in [0.2, 0.25) is 0 Å². The van der Waals surface area contributed by atoms with Gasteiger partial charge in [-0.15, -0.1) is 0 Å². The van der Waals surface area contributed by atoms with Gasteiger partial charge in [-0.25, -0.2) is 0 Å². The fourth-order valence-electron chi connectivity index (χ4n) is 5.12. The molecule has 0 nitrogen and oxygen atoms in total. The summed E-state index contributed by atoms with van der Waals surface area (Å²) in [6.07, 6.45) is 15.6. The van der Waals surface area contributed by atoms with E-state index in [2.05, 4.69) is 6.92 Å². The molecule has 0 aromatic carbocycles. The van der Waals surface area contributed by atoms with Crippen LogP contribution >= 0.6 is 0 Å². The Balaban J connectivity index is 1.55. The average molecular weight is 220 g/mol. The summed E-state index contributed by atoms with van der Waals surface area (Å²) >= 11 is 0. The molecule has 3 fully saturated rings. The van der Waals surface area contributed by atoms with Crippen LogP contribution in [0.15, 0.2) is 0 Å². The highest BCUT2D eigenvalue weighted by Crippen LogP contribution is 2.49. The van der Waals surface area contributed by atoms with Gasteiger partial charge in [-0.2, -0.15) is 0 Å². The van der Waals surface area contributed by atoms with Crippen LogP contribution in [0.4, 0.5) is 0 Å². The summed E-state index contributed by atoms with van der Waals surface area (Å²) in [4.78, 5) is 0. The van der Waals surface area contributed by atoms with E-state index in [0.717, 1.165) is 29.6 Å². The fraction of sp³-hybridized carbons (Fsp3) is 1.00.